The van der Waals surface area contributed by atoms with E-state index in [-0.39, 0.29) is 36.9 Å². The van der Waals surface area contributed by atoms with E-state index in [0.717, 1.165) is 34.7 Å². The molecule has 0 bridgehead atoms. The van der Waals surface area contributed by atoms with Crippen molar-refractivity contribution in [1.82, 2.24) is 10.2 Å². The molecule has 0 aromatic heterocycles. The molecular weight excluding hydrogens is 476 g/mol. The molecule has 0 aliphatic carbocycles. The minimum absolute atomic E-state index is 0.0180. The molecule has 192 valence electrons. The van der Waals surface area contributed by atoms with Gasteiger partial charge in [-0.25, -0.2) is 17.2 Å². The number of nitrogens with zero attached hydrogens (tertiary/aromatic N) is 2. The fourth-order valence-electron chi connectivity index (χ4n) is 3.61. The standard InChI is InChI=1S/C25H33F2N3O4S/c1-4-15-28-25(32)19(2)29(17-14-20-9-6-5-7-10-20)24(31)11-8-16-30(35(3,33)34)21-12-13-22(26)23(27)18-21/h5-7,9-10,12-13,18-19H,4,8,11,14-17H2,1-3H3,(H,28,32)/t19-/m0/s1. The Bertz CT molecular complexity index is 1100. The minimum atomic E-state index is -3.80. The summed E-state index contributed by atoms with van der Waals surface area (Å²) in [7, 11) is -3.80. The summed E-state index contributed by atoms with van der Waals surface area (Å²) in [5, 5.41) is 2.80. The third-order valence-electron chi connectivity index (χ3n) is 5.54. The topological polar surface area (TPSA) is 86.8 Å². The second-order valence-electron chi connectivity index (χ2n) is 8.33. The second-order valence-corrected chi connectivity index (χ2v) is 10.2. The van der Waals surface area contributed by atoms with Crippen LogP contribution in [0.1, 0.15) is 38.7 Å². The molecule has 0 heterocycles. The van der Waals surface area contributed by atoms with E-state index in [4.69, 9.17) is 0 Å². The highest BCUT2D eigenvalue weighted by atomic mass is 32.2. The third-order valence-corrected chi connectivity index (χ3v) is 6.74. The predicted molar refractivity (Wildman–Crippen MR) is 132 cm³/mol. The summed E-state index contributed by atoms with van der Waals surface area (Å²) in [6.07, 6.45) is 2.40. The lowest BCUT2D eigenvalue weighted by Gasteiger charge is -2.29. The molecule has 0 unspecified atom stereocenters. The van der Waals surface area contributed by atoms with Gasteiger partial charge in [0.25, 0.3) is 0 Å². The fraction of sp³-hybridized carbons (Fsp3) is 0.440. The van der Waals surface area contributed by atoms with Crippen LogP contribution in [0.15, 0.2) is 48.5 Å². The molecule has 1 N–H and O–H groups in total. The summed E-state index contributed by atoms with van der Waals surface area (Å²) in [5.74, 6) is -2.79. The van der Waals surface area contributed by atoms with Crippen LogP contribution in [-0.4, -0.2) is 57.1 Å². The lowest BCUT2D eigenvalue weighted by atomic mass is 10.1. The van der Waals surface area contributed by atoms with Crippen molar-refractivity contribution in [2.75, 3.05) is 30.2 Å². The van der Waals surface area contributed by atoms with Crippen LogP contribution in [-0.2, 0) is 26.0 Å². The van der Waals surface area contributed by atoms with Gasteiger partial charge in [0.05, 0.1) is 11.9 Å². The van der Waals surface area contributed by atoms with Gasteiger partial charge < -0.3 is 10.2 Å². The van der Waals surface area contributed by atoms with E-state index in [1.165, 1.54) is 11.0 Å². The van der Waals surface area contributed by atoms with Crippen molar-refractivity contribution in [3.63, 3.8) is 0 Å². The fourth-order valence-corrected chi connectivity index (χ4v) is 4.57. The minimum Gasteiger partial charge on any atom is -0.354 e. The van der Waals surface area contributed by atoms with Gasteiger partial charge in [-0.05, 0) is 43.9 Å². The van der Waals surface area contributed by atoms with Crippen LogP contribution in [0.25, 0.3) is 0 Å². The molecule has 35 heavy (non-hydrogen) atoms. The van der Waals surface area contributed by atoms with Gasteiger partial charge in [-0.2, -0.15) is 0 Å². The number of benzene rings is 2. The number of carbonyl (C=O) groups is 2. The van der Waals surface area contributed by atoms with Crippen molar-refractivity contribution in [1.29, 1.82) is 0 Å². The normalized spacial score (nSPS) is 12.1. The molecule has 2 aromatic rings. The van der Waals surface area contributed by atoms with Gasteiger partial charge in [-0.1, -0.05) is 37.3 Å². The summed E-state index contributed by atoms with van der Waals surface area (Å²) >= 11 is 0. The monoisotopic (exact) mass is 509 g/mol. The third kappa shape index (κ3) is 8.61. The highest BCUT2D eigenvalue weighted by Crippen LogP contribution is 2.21. The van der Waals surface area contributed by atoms with Crippen molar-refractivity contribution in [2.24, 2.45) is 0 Å². The van der Waals surface area contributed by atoms with Gasteiger partial charge in [0.15, 0.2) is 11.6 Å². The van der Waals surface area contributed by atoms with E-state index >= 15 is 0 Å². The summed E-state index contributed by atoms with van der Waals surface area (Å²) in [6.45, 7) is 4.32. The maximum Gasteiger partial charge on any atom is 0.242 e. The first kappa shape index (κ1) is 28.2. The van der Waals surface area contributed by atoms with Crippen LogP contribution in [0.3, 0.4) is 0 Å². The molecule has 0 aliphatic heterocycles. The number of amides is 2. The zero-order valence-corrected chi connectivity index (χ0v) is 21.2. The zero-order chi connectivity index (χ0) is 26.0. The average Bonchev–Trinajstić information content (AvgIpc) is 2.82. The van der Waals surface area contributed by atoms with Crippen LogP contribution in [0, 0.1) is 11.6 Å². The molecule has 0 fully saturated rings. The summed E-state index contributed by atoms with van der Waals surface area (Å²) in [4.78, 5) is 27.2. The van der Waals surface area contributed by atoms with Crippen molar-refractivity contribution in [2.45, 2.75) is 45.6 Å². The number of hydrogen-bond donors (Lipinski definition) is 1. The molecule has 2 rings (SSSR count). The van der Waals surface area contributed by atoms with Gasteiger partial charge in [-0.15, -0.1) is 0 Å². The van der Waals surface area contributed by atoms with E-state index in [0.29, 0.717) is 19.5 Å². The Morgan fingerprint density at radius 3 is 2.31 bits per heavy atom. The number of nitrogens with one attached hydrogen (secondary N) is 1. The Kier molecular flexibility index (Phi) is 10.6. The van der Waals surface area contributed by atoms with Crippen LogP contribution in [0.2, 0.25) is 0 Å². The van der Waals surface area contributed by atoms with Gasteiger partial charge in [0.2, 0.25) is 21.8 Å². The first-order valence-corrected chi connectivity index (χ1v) is 13.4. The van der Waals surface area contributed by atoms with Gasteiger partial charge in [0.1, 0.15) is 6.04 Å². The highest BCUT2D eigenvalue weighted by Gasteiger charge is 2.26. The second kappa shape index (κ2) is 13.2. The van der Waals surface area contributed by atoms with Crippen LogP contribution in [0.5, 0.6) is 0 Å². The maximum atomic E-state index is 13.7. The molecule has 2 aromatic carbocycles. The number of halogens is 2. The van der Waals surface area contributed by atoms with Crippen molar-refractivity contribution < 1.29 is 26.8 Å². The molecule has 0 saturated heterocycles. The number of anilines is 1. The Hall–Kier alpha value is -3.01. The van der Waals surface area contributed by atoms with Crippen LogP contribution < -0.4 is 9.62 Å². The molecule has 2 amide bonds. The van der Waals surface area contributed by atoms with E-state index in [1.54, 1.807) is 6.92 Å². The van der Waals surface area contributed by atoms with Gasteiger partial charge in [-0.3, -0.25) is 13.9 Å². The number of hydrogen-bond acceptors (Lipinski definition) is 4. The Labute approximate surface area is 206 Å². The van der Waals surface area contributed by atoms with Crippen LogP contribution in [0.4, 0.5) is 14.5 Å². The van der Waals surface area contributed by atoms with Crippen molar-refractivity contribution in [3.05, 3.63) is 65.7 Å². The molecule has 0 aliphatic rings. The molecular formula is C25H33F2N3O4S. The van der Waals surface area contributed by atoms with E-state index in [9.17, 15) is 26.8 Å². The highest BCUT2D eigenvalue weighted by molar-refractivity contribution is 7.92. The summed E-state index contributed by atoms with van der Waals surface area (Å²) in [5.41, 5.74) is 1.00. The van der Waals surface area contributed by atoms with Gasteiger partial charge in [0, 0.05) is 32.1 Å². The van der Waals surface area contributed by atoms with Crippen molar-refractivity contribution in [3.8, 4) is 0 Å². The average molecular weight is 510 g/mol. The van der Waals surface area contributed by atoms with Crippen molar-refractivity contribution >= 4 is 27.5 Å². The summed E-state index contributed by atoms with van der Waals surface area (Å²) < 4.78 is 52.4. The molecule has 0 spiro atoms. The Morgan fingerprint density at radius 1 is 1.03 bits per heavy atom. The number of sulfonamides is 1. The molecule has 10 heteroatoms. The quantitative estimate of drug-likeness (QED) is 0.448. The van der Waals surface area contributed by atoms with Crippen LogP contribution >= 0.6 is 0 Å². The van der Waals surface area contributed by atoms with E-state index in [2.05, 4.69) is 5.32 Å². The lowest BCUT2D eigenvalue weighted by molar-refractivity contribution is -0.139. The zero-order valence-electron chi connectivity index (χ0n) is 20.3. The molecule has 0 radical (unpaired) electrons. The molecule has 1 atom stereocenters. The predicted octanol–water partition coefficient (Wildman–Crippen LogP) is 3.50. The smallest absolute Gasteiger partial charge is 0.242 e. The number of carbonyl (C=O) groups excluding carboxylic acids is 2. The van der Waals surface area contributed by atoms with Gasteiger partial charge >= 0.3 is 0 Å². The van der Waals surface area contributed by atoms with E-state index in [1.807, 2.05) is 37.3 Å². The summed E-state index contributed by atoms with van der Waals surface area (Å²) in [6, 6.07) is 11.7. The number of rotatable bonds is 13. The Morgan fingerprint density at radius 2 is 1.71 bits per heavy atom. The molecule has 0 saturated carbocycles. The largest absolute Gasteiger partial charge is 0.354 e. The first-order chi connectivity index (χ1) is 16.5. The SMILES string of the molecule is CCCNC(=O)[C@H](C)N(CCc1ccccc1)C(=O)CCCN(c1ccc(F)c(F)c1)S(C)(=O)=O. The first-order valence-electron chi connectivity index (χ1n) is 11.6. The lowest BCUT2D eigenvalue weighted by Crippen LogP contribution is -2.49. The van der Waals surface area contributed by atoms with E-state index < -0.39 is 27.7 Å². The Balaban J connectivity index is 2.11. The molecule has 7 nitrogen and oxygen atoms in total. The maximum absolute atomic E-state index is 13.7.